The molecule has 4 rings (SSSR count). The van der Waals surface area contributed by atoms with Gasteiger partial charge in [-0.3, -0.25) is 4.79 Å². The number of amides is 3. The van der Waals surface area contributed by atoms with E-state index < -0.39 is 0 Å². The number of nitrogens with one attached hydrogen (secondary N) is 1. The molecule has 1 N–H and O–H groups in total. The van der Waals surface area contributed by atoms with Crippen molar-refractivity contribution in [3.8, 4) is 0 Å². The number of thioether (sulfide) groups is 1. The molecule has 128 valence electrons. The van der Waals surface area contributed by atoms with E-state index in [1.807, 2.05) is 9.80 Å². The van der Waals surface area contributed by atoms with Gasteiger partial charge in [-0.1, -0.05) is 17.7 Å². The molecule has 3 heterocycles. The van der Waals surface area contributed by atoms with Crippen molar-refractivity contribution in [2.24, 2.45) is 0 Å². The SMILES string of the molecule is Cc1ccc2c(c1)S[C@H](C(=O)N1CCC(N3CCNC3=O)CC1)C2. The Morgan fingerprint density at radius 2 is 2.04 bits per heavy atom. The van der Waals surface area contributed by atoms with Crippen molar-refractivity contribution in [1.29, 1.82) is 0 Å². The average molecular weight is 345 g/mol. The fraction of sp³-hybridized carbons (Fsp3) is 0.556. The van der Waals surface area contributed by atoms with Gasteiger partial charge in [-0.25, -0.2) is 4.79 Å². The molecule has 5 nitrogen and oxygen atoms in total. The minimum Gasteiger partial charge on any atom is -0.342 e. The number of aryl methyl sites for hydroxylation is 1. The van der Waals surface area contributed by atoms with Gasteiger partial charge >= 0.3 is 6.03 Å². The number of rotatable bonds is 2. The molecule has 0 aliphatic carbocycles. The lowest BCUT2D eigenvalue weighted by Crippen LogP contribution is -2.49. The van der Waals surface area contributed by atoms with Gasteiger partial charge in [0.05, 0.1) is 5.25 Å². The lowest BCUT2D eigenvalue weighted by Gasteiger charge is -2.37. The number of fused-ring (bicyclic) bond motifs is 1. The Morgan fingerprint density at radius 3 is 2.75 bits per heavy atom. The maximum atomic E-state index is 12.9. The maximum Gasteiger partial charge on any atom is 0.317 e. The summed E-state index contributed by atoms with van der Waals surface area (Å²) in [5.74, 6) is 0.262. The number of piperidine rings is 1. The van der Waals surface area contributed by atoms with Crippen molar-refractivity contribution in [3.63, 3.8) is 0 Å². The summed E-state index contributed by atoms with van der Waals surface area (Å²) in [5, 5.41) is 2.89. The first-order chi connectivity index (χ1) is 11.6. The summed E-state index contributed by atoms with van der Waals surface area (Å²) in [7, 11) is 0. The third-order valence-electron chi connectivity index (χ3n) is 5.28. The van der Waals surface area contributed by atoms with Crippen LogP contribution in [0.3, 0.4) is 0 Å². The molecule has 3 aliphatic heterocycles. The van der Waals surface area contributed by atoms with Crippen LogP contribution in [0.2, 0.25) is 0 Å². The fourth-order valence-corrected chi connectivity index (χ4v) is 5.28. The first-order valence-electron chi connectivity index (χ1n) is 8.71. The minimum absolute atomic E-state index is 0.0217. The predicted octanol–water partition coefficient (Wildman–Crippen LogP) is 2.03. The van der Waals surface area contributed by atoms with Crippen molar-refractivity contribution >= 4 is 23.7 Å². The van der Waals surface area contributed by atoms with E-state index in [0.29, 0.717) is 0 Å². The van der Waals surface area contributed by atoms with Gasteiger partial charge in [0.25, 0.3) is 0 Å². The van der Waals surface area contributed by atoms with Gasteiger partial charge in [0.15, 0.2) is 0 Å². The molecule has 0 spiro atoms. The van der Waals surface area contributed by atoms with Crippen LogP contribution in [-0.4, -0.2) is 59.2 Å². The van der Waals surface area contributed by atoms with Gasteiger partial charge in [-0.2, -0.15) is 0 Å². The zero-order chi connectivity index (χ0) is 16.7. The van der Waals surface area contributed by atoms with E-state index in [1.54, 1.807) is 11.8 Å². The van der Waals surface area contributed by atoms with Crippen LogP contribution in [0.5, 0.6) is 0 Å². The van der Waals surface area contributed by atoms with Crippen molar-refractivity contribution in [2.75, 3.05) is 26.2 Å². The van der Waals surface area contributed by atoms with Crippen molar-refractivity contribution in [3.05, 3.63) is 29.3 Å². The summed E-state index contributed by atoms with van der Waals surface area (Å²) < 4.78 is 0. The molecule has 1 atom stereocenters. The molecule has 1 aromatic carbocycles. The van der Waals surface area contributed by atoms with Crippen LogP contribution in [0.15, 0.2) is 23.1 Å². The summed E-state index contributed by atoms with van der Waals surface area (Å²) >= 11 is 1.71. The lowest BCUT2D eigenvalue weighted by molar-refractivity contribution is -0.131. The largest absolute Gasteiger partial charge is 0.342 e. The third kappa shape index (κ3) is 2.88. The minimum atomic E-state index is 0.0217. The van der Waals surface area contributed by atoms with Crippen LogP contribution in [0.25, 0.3) is 0 Å². The molecule has 2 fully saturated rings. The van der Waals surface area contributed by atoms with Crippen molar-refractivity contribution < 1.29 is 9.59 Å². The van der Waals surface area contributed by atoms with E-state index in [4.69, 9.17) is 0 Å². The van der Waals surface area contributed by atoms with E-state index in [9.17, 15) is 9.59 Å². The first-order valence-corrected chi connectivity index (χ1v) is 9.59. The number of carbonyl (C=O) groups excluding carboxylic acids is 2. The van der Waals surface area contributed by atoms with Gasteiger partial charge in [-0.05, 0) is 37.8 Å². The predicted molar refractivity (Wildman–Crippen MR) is 94.2 cm³/mol. The van der Waals surface area contributed by atoms with E-state index in [0.717, 1.165) is 45.4 Å². The van der Waals surface area contributed by atoms with Crippen LogP contribution in [0, 0.1) is 6.92 Å². The summed E-state index contributed by atoms with van der Waals surface area (Å²) in [6.45, 7) is 5.16. The standard InChI is InChI=1S/C18H23N3O2S/c1-12-2-3-13-11-16(24-15(13)10-12)17(22)20-7-4-14(5-8-20)21-9-6-19-18(21)23/h2-3,10,14,16H,4-9,11H2,1H3,(H,19,23)/t16-/m0/s1. The number of nitrogens with zero attached hydrogens (tertiary/aromatic N) is 2. The highest BCUT2D eigenvalue weighted by Gasteiger charge is 2.36. The van der Waals surface area contributed by atoms with Crippen molar-refractivity contribution in [1.82, 2.24) is 15.1 Å². The topological polar surface area (TPSA) is 52.7 Å². The quantitative estimate of drug-likeness (QED) is 0.892. The number of carbonyl (C=O) groups is 2. The Morgan fingerprint density at radius 1 is 1.25 bits per heavy atom. The number of urea groups is 1. The number of likely N-dealkylation sites (tertiary alicyclic amines) is 1. The molecule has 0 saturated carbocycles. The normalized spacial score (nSPS) is 24.2. The zero-order valence-corrected chi connectivity index (χ0v) is 14.8. The molecule has 0 radical (unpaired) electrons. The second-order valence-electron chi connectivity index (χ2n) is 6.90. The molecule has 0 bridgehead atoms. The number of hydrogen-bond acceptors (Lipinski definition) is 3. The molecular formula is C18H23N3O2S. The second kappa shape index (κ2) is 6.31. The summed E-state index contributed by atoms with van der Waals surface area (Å²) in [4.78, 5) is 29.8. The van der Waals surface area contributed by atoms with Gasteiger partial charge in [0.2, 0.25) is 5.91 Å². The van der Waals surface area contributed by atoms with E-state index >= 15 is 0 Å². The highest BCUT2D eigenvalue weighted by atomic mass is 32.2. The molecule has 24 heavy (non-hydrogen) atoms. The van der Waals surface area contributed by atoms with E-state index in [1.165, 1.54) is 16.0 Å². The van der Waals surface area contributed by atoms with Gasteiger partial charge < -0.3 is 15.1 Å². The second-order valence-corrected chi connectivity index (χ2v) is 8.15. The van der Waals surface area contributed by atoms with Gasteiger partial charge in [-0.15, -0.1) is 11.8 Å². The van der Waals surface area contributed by atoms with Crippen LogP contribution in [0.1, 0.15) is 24.0 Å². The van der Waals surface area contributed by atoms with Crippen LogP contribution in [-0.2, 0) is 11.2 Å². The molecule has 0 unspecified atom stereocenters. The molecule has 2 saturated heterocycles. The molecule has 1 aromatic rings. The molecule has 6 heteroatoms. The van der Waals surface area contributed by atoms with Gasteiger partial charge in [0.1, 0.15) is 0 Å². The van der Waals surface area contributed by atoms with Crippen LogP contribution >= 0.6 is 11.8 Å². The molecule has 3 amide bonds. The Labute approximate surface area is 146 Å². The van der Waals surface area contributed by atoms with E-state index in [2.05, 4.69) is 30.4 Å². The zero-order valence-electron chi connectivity index (χ0n) is 14.0. The molecule has 3 aliphatic rings. The number of benzene rings is 1. The monoisotopic (exact) mass is 345 g/mol. The lowest BCUT2D eigenvalue weighted by atomic mass is 10.0. The van der Waals surface area contributed by atoms with Crippen molar-refractivity contribution in [2.45, 2.75) is 42.4 Å². The summed E-state index contributed by atoms with van der Waals surface area (Å²) in [6, 6.07) is 6.80. The van der Waals surface area contributed by atoms with E-state index in [-0.39, 0.29) is 23.2 Å². The number of hydrogen-bond donors (Lipinski definition) is 1. The summed E-state index contributed by atoms with van der Waals surface area (Å²) in [6.07, 6.45) is 2.62. The average Bonchev–Trinajstić information content (AvgIpc) is 3.20. The first kappa shape index (κ1) is 15.8. The molecular weight excluding hydrogens is 322 g/mol. The Balaban J connectivity index is 1.35. The molecule has 0 aromatic heterocycles. The smallest absolute Gasteiger partial charge is 0.317 e. The maximum absolute atomic E-state index is 12.9. The Kier molecular flexibility index (Phi) is 4.16. The van der Waals surface area contributed by atoms with Gasteiger partial charge in [0, 0.05) is 37.1 Å². The summed E-state index contributed by atoms with van der Waals surface area (Å²) in [5.41, 5.74) is 2.55. The van der Waals surface area contributed by atoms with Crippen LogP contribution in [0.4, 0.5) is 4.79 Å². The third-order valence-corrected chi connectivity index (χ3v) is 6.57. The Bertz CT molecular complexity index is 670. The fourth-order valence-electron chi connectivity index (χ4n) is 3.91. The highest BCUT2D eigenvalue weighted by molar-refractivity contribution is 8.01. The van der Waals surface area contributed by atoms with Crippen LogP contribution < -0.4 is 5.32 Å². The highest BCUT2D eigenvalue weighted by Crippen LogP contribution is 2.38. The Hall–Kier alpha value is -1.69.